The van der Waals surface area contributed by atoms with E-state index in [1.807, 2.05) is 11.3 Å². The Hall–Kier alpha value is -0.910. The number of hydrogen-bond acceptors (Lipinski definition) is 4. The molecule has 2 heterocycles. The van der Waals surface area contributed by atoms with Crippen molar-refractivity contribution in [2.24, 2.45) is 0 Å². The molecule has 0 saturated carbocycles. The number of nitrogens with one attached hydrogen (secondary N) is 1. The zero-order valence-corrected chi connectivity index (χ0v) is 14.5. The molecule has 0 aliphatic heterocycles. The molecule has 2 aromatic heterocycles. The van der Waals surface area contributed by atoms with Crippen molar-refractivity contribution in [3.63, 3.8) is 0 Å². The Balaban J connectivity index is 1.77. The number of halogens is 1. The van der Waals surface area contributed by atoms with Gasteiger partial charge in [-0.2, -0.15) is 0 Å². The Labute approximate surface area is 135 Å². The van der Waals surface area contributed by atoms with Crippen molar-refractivity contribution in [2.75, 3.05) is 11.9 Å². The van der Waals surface area contributed by atoms with Crippen LogP contribution < -0.4 is 5.32 Å². The number of anilines is 1. The zero-order chi connectivity index (χ0) is 14.2. The van der Waals surface area contributed by atoms with Gasteiger partial charge in [-0.15, -0.1) is 11.3 Å². The average Bonchev–Trinajstić information content (AvgIpc) is 3.05. The lowest BCUT2D eigenvalue weighted by Crippen LogP contribution is -2.26. The second-order valence-corrected chi connectivity index (χ2v) is 8.24. The number of thiazole rings is 1. The predicted octanol–water partition coefficient (Wildman–Crippen LogP) is 5.51. The molecule has 5 heteroatoms. The van der Waals surface area contributed by atoms with Gasteiger partial charge in [-0.25, -0.2) is 4.98 Å². The molecule has 0 saturated heterocycles. The lowest BCUT2D eigenvalue weighted by Gasteiger charge is -2.23. The second-order valence-electron chi connectivity index (χ2n) is 5.35. The minimum absolute atomic E-state index is 0.118. The number of benzene rings is 1. The van der Waals surface area contributed by atoms with Crippen LogP contribution in [0.15, 0.2) is 40.2 Å². The molecule has 0 spiro atoms. The topological polar surface area (TPSA) is 24.9 Å². The maximum absolute atomic E-state index is 4.64. The van der Waals surface area contributed by atoms with Crippen LogP contribution >= 0.6 is 38.6 Å². The molecule has 104 valence electrons. The van der Waals surface area contributed by atoms with Crippen LogP contribution in [0, 0.1) is 0 Å². The van der Waals surface area contributed by atoms with Gasteiger partial charge in [0.2, 0.25) is 0 Å². The van der Waals surface area contributed by atoms with Gasteiger partial charge in [0.15, 0.2) is 5.13 Å². The minimum atomic E-state index is 0.118. The van der Waals surface area contributed by atoms with Gasteiger partial charge < -0.3 is 5.32 Å². The maximum atomic E-state index is 4.64. The van der Waals surface area contributed by atoms with Crippen molar-refractivity contribution in [3.05, 3.63) is 45.1 Å². The van der Waals surface area contributed by atoms with E-state index in [1.165, 1.54) is 9.58 Å². The maximum Gasteiger partial charge on any atom is 0.183 e. The van der Waals surface area contributed by atoms with Crippen molar-refractivity contribution in [1.29, 1.82) is 0 Å². The summed E-state index contributed by atoms with van der Waals surface area (Å²) in [7, 11) is 0. The molecule has 0 aliphatic carbocycles. The van der Waals surface area contributed by atoms with Gasteiger partial charge in [-0.1, -0.05) is 47.2 Å². The lowest BCUT2D eigenvalue weighted by atomic mass is 9.91. The first-order valence-corrected chi connectivity index (χ1v) is 8.87. The lowest BCUT2D eigenvalue weighted by molar-refractivity contribution is 0.569. The van der Waals surface area contributed by atoms with Crippen molar-refractivity contribution in [1.82, 2.24) is 4.98 Å². The van der Waals surface area contributed by atoms with Gasteiger partial charge in [-0.05, 0) is 29.6 Å². The molecule has 3 rings (SSSR count). The third-order valence-electron chi connectivity index (χ3n) is 3.22. The molecule has 1 N–H and O–H groups in total. The van der Waals surface area contributed by atoms with Crippen LogP contribution in [-0.2, 0) is 5.41 Å². The standard InChI is InChI=1S/C15H15BrN2S2/c1-15(2,13-4-3-7-19-13)9-17-14-18-11-8-10(16)5-6-12(11)20-14/h3-8H,9H2,1-2H3,(H,17,18). The second kappa shape index (κ2) is 5.47. The monoisotopic (exact) mass is 366 g/mol. The quantitative estimate of drug-likeness (QED) is 0.658. The van der Waals surface area contributed by atoms with E-state index in [-0.39, 0.29) is 5.41 Å². The first kappa shape index (κ1) is 14.0. The molecule has 0 bridgehead atoms. The Morgan fingerprint density at radius 1 is 1.30 bits per heavy atom. The molecular weight excluding hydrogens is 352 g/mol. The van der Waals surface area contributed by atoms with E-state index in [2.05, 4.69) is 75.8 Å². The van der Waals surface area contributed by atoms with E-state index in [4.69, 9.17) is 0 Å². The summed E-state index contributed by atoms with van der Waals surface area (Å²) >= 11 is 7.00. The molecule has 0 amide bonds. The highest BCUT2D eigenvalue weighted by Crippen LogP contribution is 2.31. The summed E-state index contributed by atoms with van der Waals surface area (Å²) in [6, 6.07) is 10.5. The van der Waals surface area contributed by atoms with Gasteiger partial charge in [-0.3, -0.25) is 0 Å². The summed E-state index contributed by atoms with van der Waals surface area (Å²) in [4.78, 5) is 6.04. The first-order valence-electron chi connectivity index (χ1n) is 6.38. The van der Waals surface area contributed by atoms with E-state index in [0.29, 0.717) is 0 Å². The van der Waals surface area contributed by atoms with Gasteiger partial charge in [0.1, 0.15) is 0 Å². The van der Waals surface area contributed by atoms with Gasteiger partial charge in [0, 0.05) is 21.3 Å². The molecule has 0 unspecified atom stereocenters. The summed E-state index contributed by atoms with van der Waals surface area (Å²) in [6.07, 6.45) is 0. The van der Waals surface area contributed by atoms with E-state index < -0.39 is 0 Å². The van der Waals surface area contributed by atoms with Crippen molar-refractivity contribution < 1.29 is 0 Å². The highest BCUT2D eigenvalue weighted by Gasteiger charge is 2.21. The summed E-state index contributed by atoms with van der Waals surface area (Å²) in [6.45, 7) is 5.40. The molecular formula is C15H15BrN2S2. The Kier molecular flexibility index (Phi) is 3.84. The number of rotatable bonds is 4. The molecule has 3 aromatic rings. The third-order valence-corrected chi connectivity index (χ3v) is 5.94. The highest BCUT2D eigenvalue weighted by atomic mass is 79.9. The Morgan fingerprint density at radius 2 is 2.15 bits per heavy atom. The predicted molar refractivity (Wildman–Crippen MR) is 93.2 cm³/mol. The molecule has 0 aliphatic rings. The van der Waals surface area contributed by atoms with Crippen LogP contribution in [0.1, 0.15) is 18.7 Å². The molecule has 1 aromatic carbocycles. The SMILES string of the molecule is CC(C)(CNc1nc2cc(Br)ccc2s1)c1cccs1. The number of hydrogen-bond donors (Lipinski definition) is 1. The minimum Gasteiger partial charge on any atom is -0.361 e. The Morgan fingerprint density at radius 3 is 2.90 bits per heavy atom. The molecule has 0 fully saturated rings. The summed E-state index contributed by atoms with van der Waals surface area (Å²) in [5, 5.41) is 6.60. The van der Waals surface area contributed by atoms with E-state index in [0.717, 1.165) is 21.7 Å². The van der Waals surface area contributed by atoms with Crippen LogP contribution in [0.2, 0.25) is 0 Å². The molecule has 0 radical (unpaired) electrons. The third kappa shape index (κ3) is 2.90. The van der Waals surface area contributed by atoms with Crippen molar-refractivity contribution in [2.45, 2.75) is 19.3 Å². The van der Waals surface area contributed by atoms with Crippen LogP contribution in [0.4, 0.5) is 5.13 Å². The van der Waals surface area contributed by atoms with Crippen LogP contribution in [-0.4, -0.2) is 11.5 Å². The largest absolute Gasteiger partial charge is 0.361 e. The zero-order valence-electron chi connectivity index (χ0n) is 11.3. The van der Waals surface area contributed by atoms with E-state index in [1.54, 1.807) is 11.3 Å². The molecule has 20 heavy (non-hydrogen) atoms. The van der Waals surface area contributed by atoms with Crippen LogP contribution in [0.5, 0.6) is 0 Å². The van der Waals surface area contributed by atoms with E-state index >= 15 is 0 Å². The fourth-order valence-corrected chi connectivity index (χ4v) is 4.07. The number of nitrogens with zero attached hydrogens (tertiary/aromatic N) is 1. The van der Waals surface area contributed by atoms with E-state index in [9.17, 15) is 0 Å². The fraction of sp³-hybridized carbons (Fsp3) is 0.267. The first-order chi connectivity index (χ1) is 9.54. The molecule has 2 nitrogen and oxygen atoms in total. The van der Waals surface area contributed by atoms with Gasteiger partial charge in [0.05, 0.1) is 10.2 Å². The van der Waals surface area contributed by atoms with Crippen LogP contribution in [0.3, 0.4) is 0 Å². The average molecular weight is 367 g/mol. The van der Waals surface area contributed by atoms with Gasteiger partial charge in [0.25, 0.3) is 0 Å². The normalized spacial score (nSPS) is 11.9. The number of aromatic nitrogens is 1. The highest BCUT2D eigenvalue weighted by molar-refractivity contribution is 9.10. The smallest absolute Gasteiger partial charge is 0.183 e. The Bertz CT molecular complexity index is 717. The molecule has 0 atom stereocenters. The summed E-state index contributed by atoms with van der Waals surface area (Å²) < 4.78 is 2.28. The number of fused-ring (bicyclic) bond motifs is 1. The summed E-state index contributed by atoms with van der Waals surface area (Å²) in [5.41, 5.74) is 1.16. The summed E-state index contributed by atoms with van der Waals surface area (Å²) in [5.74, 6) is 0. The van der Waals surface area contributed by atoms with Crippen LogP contribution in [0.25, 0.3) is 10.2 Å². The van der Waals surface area contributed by atoms with Gasteiger partial charge >= 0.3 is 0 Å². The number of thiophene rings is 1. The van der Waals surface area contributed by atoms with Crippen molar-refractivity contribution >= 4 is 54.0 Å². The van der Waals surface area contributed by atoms with Crippen molar-refractivity contribution in [3.8, 4) is 0 Å². The fourth-order valence-electron chi connectivity index (χ4n) is 2.02.